The number of nitrogens with zero attached hydrogens (tertiary/aromatic N) is 4. The molecule has 0 aliphatic carbocycles. The van der Waals surface area contributed by atoms with Crippen molar-refractivity contribution in [3.8, 4) is 11.5 Å². The summed E-state index contributed by atoms with van der Waals surface area (Å²) in [7, 11) is 1.92. The molecule has 1 aliphatic heterocycles. The minimum Gasteiger partial charge on any atom is -0.457 e. The van der Waals surface area contributed by atoms with E-state index in [1.165, 1.54) is 0 Å². The standard InChI is InChI=1S/C24H29N5O2.HI/c1-3-25-24(29-12-13-30-23(18-29)20-16-27-28(2)17-20)26-15-19-8-7-11-22(14-19)31-21-9-5-4-6-10-21;/h4-11,14,16-17,23H,3,12-13,15,18H2,1-2H3,(H,25,26);1H. The summed E-state index contributed by atoms with van der Waals surface area (Å²) in [4.78, 5) is 7.15. The maximum atomic E-state index is 5.98. The van der Waals surface area contributed by atoms with Crippen molar-refractivity contribution in [2.45, 2.75) is 19.6 Å². The Balaban J connectivity index is 0.00000289. The van der Waals surface area contributed by atoms with Crippen LogP contribution in [0.25, 0.3) is 0 Å². The Kier molecular flexibility index (Phi) is 8.92. The molecular weight excluding hydrogens is 517 g/mol. The molecule has 1 aromatic heterocycles. The van der Waals surface area contributed by atoms with Crippen molar-refractivity contribution >= 4 is 29.9 Å². The van der Waals surface area contributed by atoms with Gasteiger partial charge >= 0.3 is 0 Å². The number of nitrogens with one attached hydrogen (secondary N) is 1. The van der Waals surface area contributed by atoms with Gasteiger partial charge in [0.1, 0.15) is 17.6 Å². The molecule has 8 heteroatoms. The number of ether oxygens (including phenoxy) is 2. The highest BCUT2D eigenvalue weighted by Gasteiger charge is 2.25. The molecule has 0 spiro atoms. The summed E-state index contributed by atoms with van der Waals surface area (Å²) < 4.78 is 13.7. The third-order valence-electron chi connectivity index (χ3n) is 5.09. The largest absolute Gasteiger partial charge is 0.457 e. The summed E-state index contributed by atoms with van der Waals surface area (Å²) in [6.07, 6.45) is 3.88. The highest BCUT2D eigenvalue weighted by molar-refractivity contribution is 14.0. The number of guanidine groups is 1. The number of rotatable bonds is 6. The fourth-order valence-electron chi connectivity index (χ4n) is 3.57. The van der Waals surface area contributed by atoms with Crippen molar-refractivity contribution in [3.05, 3.63) is 78.1 Å². The van der Waals surface area contributed by atoms with Gasteiger partial charge in [-0.3, -0.25) is 4.68 Å². The summed E-state index contributed by atoms with van der Waals surface area (Å²) in [6.45, 7) is 5.68. The second-order valence-electron chi connectivity index (χ2n) is 7.49. The predicted octanol–water partition coefficient (Wildman–Crippen LogP) is 4.37. The van der Waals surface area contributed by atoms with Gasteiger partial charge in [-0.25, -0.2) is 4.99 Å². The molecule has 1 fully saturated rings. The summed E-state index contributed by atoms with van der Waals surface area (Å²) in [5, 5.41) is 7.70. The number of para-hydroxylation sites is 1. The van der Waals surface area contributed by atoms with Gasteiger partial charge in [0.25, 0.3) is 0 Å². The first-order valence-corrected chi connectivity index (χ1v) is 10.7. The van der Waals surface area contributed by atoms with Gasteiger partial charge in [0.15, 0.2) is 5.96 Å². The number of halogens is 1. The lowest BCUT2D eigenvalue weighted by molar-refractivity contribution is -0.00805. The van der Waals surface area contributed by atoms with E-state index in [0.29, 0.717) is 13.2 Å². The highest BCUT2D eigenvalue weighted by Crippen LogP contribution is 2.23. The van der Waals surface area contributed by atoms with E-state index in [0.717, 1.165) is 48.2 Å². The first-order valence-electron chi connectivity index (χ1n) is 10.7. The lowest BCUT2D eigenvalue weighted by Crippen LogP contribution is -2.48. The van der Waals surface area contributed by atoms with Crippen LogP contribution in [0.1, 0.15) is 24.2 Å². The van der Waals surface area contributed by atoms with E-state index in [1.54, 1.807) is 4.68 Å². The van der Waals surface area contributed by atoms with Gasteiger partial charge in [0, 0.05) is 31.9 Å². The molecule has 0 bridgehead atoms. The molecule has 2 aromatic carbocycles. The highest BCUT2D eigenvalue weighted by atomic mass is 127. The van der Waals surface area contributed by atoms with E-state index in [9.17, 15) is 0 Å². The number of aryl methyl sites for hydroxylation is 1. The average Bonchev–Trinajstić information content (AvgIpc) is 3.24. The van der Waals surface area contributed by atoms with Gasteiger partial charge in [-0.15, -0.1) is 24.0 Å². The van der Waals surface area contributed by atoms with Crippen LogP contribution in [0.5, 0.6) is 11.5 Å². The van der Waals surface area contributed by atoms with Crippen LogP contribution in [0.2, 0.25) is 0 Å². The van der Waals surface area contributed by atoms with E-state index in [1.807, 2.05) is 68.0 Å². The Morgan fingerprint density at radius 2 is 2.00 bits per heavy atom. The van der Waals surface area contributed by atoms with Crippen molar-refractivity contribution in [1.82, 2.24) is 20.0 Å². The molecule has 0 saturated carbocycles. The van der Waals surface area contributed by atoms with Crippen molar-refractivity contribution < 1.29 is 9.47 Å². The first-order chi connectivity index (χ1) is 15.2. The van der Waals surface area contributed by atoms with Crippen molar-refractivity contribution in [3.63, 3.8) is 0 Å². The lowest BCUT2D eigenvalue weighted by atomic mass is 10.1. The third kappa shape index (κ3) is 6.46. The SMILES string of the molecule is CCNC(=NCc1cccc(Oc2ccccc2)c1)N1CCOC(c2cnn(C)c2)C1.I. The Hall–Kier alpha value is -2.59. The Morgan fingerprint density at radius 3 is 2.75 bits per heavy atom. The number of benzene rings is 2. The molecule has 7 nitrogen and oxygen atoms in total. The second kappa shape index (κ2) is 11.9. The Bertz CT molecular complexity index is 1010. The molecule has 1 unspecified atom stereocenters. The molecule has 170 valence electrons. The van der Waals surface area contributed by atoms with Gasteiger partial charge in [0.05, 0.1) is 25.9 Å². The van der Waals surface area contributed by atoms with Crippen LogP contribution < -0.4 is 10.1 Å². The smallest absolute Gasteiger partial charge is 0.194 e. The zero-order valence-corrected chi connectivity index (χ0v) is 20.8. The number of hydrogen-bond donors (Lipinski definition) is 1. The van der Waals surface area contributed by atoms with E-state index in [4.69, 9.17) is 14.5 Å². The number of morpholine rings is 1. The van der Waals surface area contributed by atoms with Crippen LogP contribution >= 0.6 is 24.0 Å². The summed E-state index contributed by atoms with van der Waals surface area (Å²) in [5.74, 6) is 2.53. The van der Waals surface area contributed by atoms with Crippen molar-refractivity contribution in [2.24, 2.45) is 12.0 Å². The maximum Gasteiger partial charge on any atom is 0.194 e. The van der Waals surface area contributed by atoms with Crippen LogP contribution in [0.4, 0.5) is 0 Å². The molecule has 3 aromatic rings. The van der Waals surface area contributed by atoms with E-state index < -0.39 is 0 Å². The Labute approximate surface area is 206 Å². The first kappa shape index (κ1) is 24.1. The third-order valence-corrected chi connectivity index (χ3v) is 5.09. The Morgan fingerprint density at radius 1 is 1.19 bits per heavy atom. The molecule has 4 rings (SSSR count). The lowest BCUT2D eigenvalue weighted by Gasteiger charge is -2.34. The average molecular weight is 547 g/mol. The van der Waals surface area contributed by atoms with Crippen LogP contribution in [-0.2, 0) is 18.3 Å². The normalized spacial score (nSPS) is 16.4. The second-order valence-corrected chi connectivity index (χ2v) is 7.49. The molecule has 1 saturated heterocycles. The quantitative estimate of drug-likeness (QED) is 0.282. The monoisotopic (exact) mass is 547 g/mol. The van der Waals surface area contributed by atoms with Gasteiger partial charge in [-0.1, -0.05) is 30.3 Å². The van der Waals surface area contributed by atoms with Gasteiger partial charge in [-0.2, -0.15) is 5.10 Å². The maximum absolute atomic E-state index is 5.98. The summed E-state index contributed by atoms with van der Waals surface area (Å²) >= 11 is 0. The van der Waals surface area contributed by atoms with E-state index >= 15 is 0 Å². The zero-order chi connectivity index (χ0) is 21.5. The summed E-state index contributed by atoms with van der Waals surface area (Å²) in [5.41, 5.74) is 2.19. The minimum absolute atomic E-state index is 0. The topological polar surface area (TPSA) is 63.9 Å². The molecule has 1 N–H and O–H groups in total. The molecule has 1 aliphatic rings. The number of aliphatic imine (C=N–C) groups is 1. The van der Waals surface area contributed by atoms with Gasteiger partial charge in [-0.05, 0) is 36.8 Å². The van der Waals surface area contributed by atoms with Crippen LogP contribution in [-0.4, -0.2) is 46.9 Å². The summed E-state index contributed by atoms with van der Waals surface area (Å²) in [6, 6.07) is 17.9. The predicted molar refractivity (Wildman–Crippen MR) is 137 cm³/mol. The molecule has 32 heavy (non-hydrogen) atoms. The minimum atomic E-state index is -0.00564. The fourth-order valence-corrected chi connectivity index (χ4v) is 3.57. The van der Waals surface area contributed by atoms with Crippen LogP contribution in [0.3, 0.4) is 0 Å². The van der Waals surface area contributed by atoms with Crippen molar-refractivity contribution in [2.75, 3.05) is 26.2 Å². The van der Waals surface area contributed by atoms with Crippen molar-refractivity contribution in [1.29, 1.82) is 0 Å². The molecule has 0 radical (unpaired) electrons. The number of hydrogen-bond acceptors (Lipinski definition) is 4. The van der Waals surface area contributed by atoms with Gasteiger partial charge in [0.2, 0.25) is 0 Å². The zero-order valence-electron chi connectivity index (χ0n) is 18.5. The van der Waals surface area contributed by atoms with E-state index in [2.05, 4.69) is 28.3 Å². The van der Waals surface area contributed by atoms with Crippen LogP contribution in [0, 0.1) is 0 Å². The number of aromatic nitrogens is 2. The molecule has 0 amide bonds. The van der Waals surface area contributed by atoms with E-state index in [-0.39, 0.29) is 30.1 Å². The molecule has 2 heterocycles. The molecule has 1 atom stereocenters. The fraction of sp³-hybridized carbons (Fsp3) is 0.333. The molecular formula is C24H30IN5O2. The van der Waals surface area contributed by atoms with Gasteiger partial charge < -0.3 is 19.7 Å². The van der Waals surface area contributed by atoms with Crippen LogP contribution in [0.15, 0.2) is 72.0 Å².